The van der Waals surface area contributed by atoms with E-state index >= 15 is 0 Å². The molecule has 184 valence electrons. The summed E-state index contributed by atoms with van der Waals surface area (Å²) in [6.45, 7) is 11.4. The van der Waals surface area contributed by atoms with Gasteiger partial charge in [-0.3, -0.25) is 4.79 Å². The van der Waals surface area contributed by atoms with Gasteiger partial charge in [0.05, 0.1) is 18.8 Å². The summed E-state index contributed by atoms with van der Waals surface area (Å²) in [5.41, 5.74) is 0.320. The number of carbonyl (C=O) groups excluding carboxylic acids is 1. The molecule has 8 unspecified atom stereocenters. The van der Waals surface area contributed by atoms with E-state index in [0.717, 1.165) is 42.9 Å². The van der Waals surface area contributed by atoms with Crippen molar-refractivity contribution in [2.75, 3.05) is 7.11 Å². The van der Waals surface area contributed by atoms with Crippen molar-refractivity contribution in [3.8, 4) is 0 Å². The molecule has 32 heavy (non-hydrogen) atoms. The lowest BCUT2D eigenvalue weighted by Crippen LogP contribution is -2.58. The Hall–Kier alpha value is -0.610. The van der Waals surface area contributed by atoms with Crippen molar-refractivity contribution in [1.29, 1.82) is 0 Å². The molecule has 4 fully saturated rings. The summed E-state index contributed by atoms with van der Waals surface area (Å²) in [4.78, 5) is 24.2. The molecule has 0 amide bonds. The van der Waals surface area contributed by atoms with Gasteiger partial charge in [0, 0.05) is 11.8 Å². The molecule has 0 bridgehead atoms. The smallest absolute Gasteiger partial charge is 0.305 e. The summed E-state index contributed by atoms with van der Waals surface area (Å²) in [5.74, 6) is 3.74. The minimum Gasteiger partial charge on any atom is -0.469 e. The van der Waals surface area contributed by atoms with Gasteiger partial charge in [-0.05, 0) is 114 Å². The summed E-state index contributed by atoms with van der Waals surface area (Å²) in [7, 11) is 1.49. The number of rotatable bonds is 6. The first-order valence-corrected chi connectivity index (χ1v) is 13.5. The van der Waals surface area contributed by atoms with E-state index < -0.39 is 0 Å². The second-order valence-corrected chi connectivity index (χ2v) is 13.0. The highest BCUT2D eigenvalue weighted by molar-refractivity contribution is 5.68. The third-order valence-corrected chi connectivity index (χ3v) is 10.4. The molecule has 4 aliphatic carbocycles. The molecule has 0 aromatic rings. The first kappa shape index (κ1) is 24.5. The van der Waals surface area contributed by atoms with Crippen LogP contribution in [-0.4, -0.2) is 24.8 Å². The standard InChI is InChI=1S/C28H48O4/c1-26(2,3)32-31-24-18-23-21(15-13-19-10-7-8-17-27(19,23)4)22-16-14-20(28(22,24)5)11-9-12-25(29)30-6/h19-24H,7-18H2,1-6H3. The van der Waals surface area contributed by atoms with Crippen LogP contribution in [0, 0.1) is 40.4 Å². The normalized spacial score (nSPS) is 43.8. The largest absolute Gasteiger partial charge is 0.469 e. The van der Waals surface area contributed by atoms with Crippen LogP contribution in [0.25, 0.3) is 0 Å². The topological polar surface area (TPSA) is 44.8 Å². The van der Waals surface area contributed by atoms with E-state index in [1.807, 2.05) is 0 Å². The molecule has 0 aromatic heterocycles. The van der Waals surface area contributed by atoms with Crippen LogP contribution in [0.5, 0.6) is 0 Å². The molecule has 8 atom stereocenters. The fourth-order valence-corrected chi connectivity index (χ4v) is 8.76. The highest BCUT2D eigenvalue weighted by atomic mass is 17.2. The summed E-state index contributed by atoms with van der Waals surface area (Å²) < 4.78 is 4.89. The van der Waals surface area contributed by atoms with Gasteiger partial charge in [0.25, 0.3) is 0 Å². The molecule has 0 heterocycles. The van der Waals surface area contributed by atoms with E-state index in [-0.39, 0.29) is 23.1 Å². The lowest BCUT2D eigenvalue weighted by atomic mass is 9.44. The minimum atomic E-state index is -0.300. The van der Waals surface area contributed by atoms with Crippen LogP contribution in [0.2, 0.25) is 0 Å². The van der Waals surface area contributed by atoms with Crippen LogP contribution in [0.15, 0.2) is 0 Å². The van der Waals surface area contributed by atoms with Crippen LogP contribution >= 0.6 is 0 Å². The van der Waals surface area contributed by atoms with Gasteiger partial charge in [0.15, 0.2) is 0 Å². The molecule has 4 aliphatic rings. The Kier molecular flexibility index (Phi) is 7.05. The van der Waals surface area contributed by atoms with Gasteiger partial charge in [0.1, 0.15) is 0 Å². The van der Waals surface area contributed by atoms with Gasteiger partial charge in [-0.15, -0.1) is 0 Å². The van der Waals surface area contributed by atoms with Crippen molar-refractivity contribution in [3.05, 3.63) is 0 Å². The molecular weight excluding hydrogens is 400 g/mol. The summed E-state index contributed by atoms with van der Waals surface area (Å²) >= 11 is 0. The van der Waals surface area contributed by atoms with Crippen LogP contribution in [-0.2, 0) is 19.3 Å². The number of hydrogen-bond acceptors (Lipinski definition) is 4. The second kappa shape index (κ2) is 9.21. The number of methoxy groups -OCH3 is 1. The number of fused-ring (bicyclic) bond motifs is 5. The molecule has 0 aromatic carbocycles. The third kappa shape index (κ3) is 4.40. The molecule has 4 rings (SSSR count). The summed E-state index contributed by atoms with van der Waals surface area (Å²) in [6.07, 6.45) is 14.9. The molecular formula is C28H48O4. The Labute approximate surface area is 196 Å². The monoisotopic (exact) mass is 448 g/mol. The van der Waals surface area contributed by atoms with Crippen molar-refractivity contribution in [3.63, 3.8) is 0 Å². The minimum absolute atomic E-state index is 0.0826. The van der Waals surface area contributed by atoms with E-state index in [2.05, 4.69) is 34.6 Å². The molecule has 0 aliphatic heterocycles. The van der Waals surface area contributed by atoms with Gasteiger partial charge in [-0.2, -0.15) is 0 Å². The van der Waals surface area contributed by atoms with Crippen LogP contribution in [0.1, 0.15) is 112 Å². The lowest BCUT2D eigenvalue weighted by Gasteiger charge is -2.62. The van der Waals surface area contributed by atoms with Crippen molar-refractivity contribution >= 4 is 5.97 Å². The van der Waals surface area contributed by atoms with E-state index in [4.69, 9.17) is 14.5 Å². The van der Waals surface area contributed by atoms with Gasteiger partial charge in [-0.25, -0.2) is 9.78 Å². The quantitative estimate of drug-likeness (QED) is 0.247. The Morgan fingerprint density at radius 1 is 1.00 bits per heavy atom. The molecule has 0 spiro atoms. The lowest BCUT2D eigenvalue weighted by molar-refractivity contribution is -0.403. The number of carbonyl (C=O) groups is 1. The molecule has 0 N–H and O–H groups in total. The molecule has 4 heteroatoms. The van der Waals surface area contributed by atoms with Crippen molar-refractivity contribution in [2.24, 2.45) is 40.4 Å². The average Bonchev–Trinajstić information content (AvgIpc) is 3.08. The predicted octanol–water partition coefficient (Wildman–Crippen LogP) is 7.10. The Morgan fingerprint density at radius 2 is 1.78 bits per heavy atom. The SMILES string of the molecule is COC(=O)CCCC1CCC2C3CCC4CCCCC4(C)C3CC(OOC(C)(C)C)C12C. The van der Waals surface area contributed by atoms with E-state index in [1.54, 1.807) is 0 Å². The first-order valence-electron chi connectivity index (χ1n) is 13.5. The van der Waals surface area contributed by atoms with E-state index in [0.29, 0.717) is 17.8 Å². The fourth-order valence-electron chi connectivity index (χ4n) is 8.76. The third-order valence-electron chi connectivity index (χ3n) is 10.4. The van der Waals surface area contributed by atoms with Crippen LogP contribution < -0.4 is 0 Å². The van der Waals surface area contributed by atoms with Gasteiger partial charge >= 0.3 is 5.97 Å². The fraction of sp³-hybridized carbons (Fsp3) is 0.964. The highest BCUT2D eigenvalue weighted by Gasteiger charge is 2.63. The maximum Gasteiger partial charge on any atom is 0.305 e. The van der Waals surface area contributed by atoms with Gasteiger partial charge < -0.3 is 4.74 Å². The Morgan fingerprint density at radius 3 is 2.50 bits per heavy atom. The zero-order chi connectivity index (χ0) is 23.1. The maximum absolute atomic E-state index is 11.7. The summed E-state index contributed by atoms with van der Waals surface area (Å²) in [5, 5.41) is 0. The molecule has 0 saturated heterocycles. The average molecular weight is 449 g/mol. The first-order chi connectivity index (χ1) is 15.1. The number of hydrogen-bond donors (Lipinski definition) is 0. The Bertz CT molecular complexity index is 669. The maximum atomic E-state index is 11.7. The molecule has 0 radical (unpaired) electrons. The molecule has 4 saturated carbocycles. The number of esters is 1. The van der Waals surface area contributed by atoms with E-state index in [9.17, 15) is 4.79 Å². The zero-order valence-corrected chi connectivity index (χ0v) is 21.6. The van der Waals surface area contributed by atoms with E-state index in [1.165, 1.54) is 58.5 Å². The highest BCUT2D eigenvalue weighted by Crippen LogP contribution is 2.68. The van der Waals surface area contributed by atoms with Gasteiger partial charge in [-0.1, -0.05) is 26.7 Å². The van der Waals surface area contributed by atoms with Gasteiger partial charge in [0.2, 0.25) is 0 Å². The van der Waals surface area contributed by atoms with Crippen molar-refractivity contribution in [1.82, 2.24) is 0 Å². The summed E-state index contributed by atoms with van der Waals surface area (Å²) in [6, 6.07) is 0. The Balaban J connectivity index is 1.58. The van der Waals surface area contributed by atoms with Crippen molar-refractivity contribution < 1.29 is 19.3 Å². The molecule has 4 nitrogen and oxygen atoms in total. The number of ether oxygens (including phenoxy) is 1. The zero-order valence-electron chi connectivity index (χ0n) is 21.6. The predicted molar refractivity (Wildman–Crippen MR) is 127 cm³/mol. The van der Waals surface area contributed by atoms with Crippen molar-refractivity contribution in [2.45, 2.75) is 123 Å². The van der Waals surface area contributed by atoms with Crippen LogP contribution in [0.4, 0.5) is 0 Å². The van der Waals surface area contributed by atoms with Crippen LogP contribution in [0.3, 0.4) is 0 Å². The second-order valence-electron chi connectivity index (χ2n) is 13.0.